The monoisotopic (exact) mass is 510 g/mol. The number of carbonyl (C=O) groups is 2. The van der Waals surface area contributed by atoms with Crippen LogP contribution in [0.5, 0.6) is 17.2 Å². The summed E-state index contributed by atoms with van der Waals surface area (Å²) in [6, 6.07) is 15.8. The van der Waals surface area contributed by atoms with E-state index in [-0.39, 0.29) is 25.0 Å². The van der Waals surface area contributed by atoms with Crippen LogP contribution in [0.2, 0.25) is 0 Å². The smallest absolute Gasteiger partial charge is 0.266 e. The molecule has 2 amide bonds. The first-order chi connectivity index (χ1) is 17.0. The largest absolute Gasteiger partial charge is 0.497 e. The first-order valence-electron chi connectivity index (χ1n) is 10.5. The maximum Gasteiger partial charge on any atom is 0.266 e. The zero-order chi connectivity index (χ0) is 24.8. The molecule has 8 nitrogen and oxygen atoms in total. The summed E-state index contributed by atoms with van der Waals surface area (Å²) in [5.41, 5.74) is 1.33. The number of carbonyl (C=O) groups excluding carboxylic acids is 2. The van der Waals surface area contributed by atoms with Gasteiger partial charge in [0.25, 0.3) is 11.8 Å². The number of thioether (sulfide) groups is 1. The number of benzene rings is 2. The van der Waals surface area contributed by atoms with E-state index in [1.807, 2.05) is 0 Å². The molecule has 0 saturated carbocycles. The molecule has 2 heterocycles. The summed E-state index contributed by atoms with van der Waals surface area (Å²) in [5, 5.41) is 2.75. The molecule has 0 aliphatic carbocycles. The van der Waals surface area contributed by atoms with E-state index in [9.17, 15) is 9.59 Å². The molecule has 0 atom stereocenters. The van der Waals surface area contributed by atoms with Crippen molar-refractivity contribution in [1.82, 2.24) is 4.90 Å². The Morgan fingerprint density at radius 3 is 2.71 bits per heavy atom. The molecule has 4 rings (SSSR count). The van der Waals surface area contributed by atoms with Crippen molar-refractivity contribution in [3.8, 4) is 17.2 Å². The molecule has 180 valence electrons. The van der Waals surface area contributed by atoms with Crippen LogP contribution in [0.4, 0.5) is 5.69 Å². The Morgan fingerprint density at radius 2 is 1.97 bits per heavy atom. The van der Waals surface area contributed by atoms with Crippen molar-refractivity contribution in [3.05, 3.63) is 77.1 Å². The average Bonchev–Trinajstić information content (AvgIpc) is 3.47. The Balaban J connectivity index is 1.40. The Kier molecular flexibility index (Phi) is 7.74. The molecule has 1 aromatic heterocycles. The van der Waals surface area contributed by atoms with Gasteiger partial charge in [-0.3, -0.25) is 14.5 Å². The minimum atomic E-state index is -0.329. The van der Waals surface area contributed by atoms with Gasteiger partial charge in [-0.05, 0) is 48.0 Å². The van der Waals surface area contributed by atoms with Gasteiger partial charge in [-0.2, -0.15) is 0 Å². The number of rotatable bonds is 9. The van der Waals surface area contributed by atoms with Gasteiger partial charge >= 0.3 is 0 Å². The fourth-order valence-electron chi connectivity index (χ4n) is 3.28. The second-order valence-corrected chi connectivity index (χ2v) is 9.00. The predicted molar refractivity (Wildman–Crippen MR) is 138 cm³/mol. The first-order valence-corrected chi connectivity index (χ1v) is 11.7. The second kappa shape index (κ2) is 11.1. The molecule has 1 aliphatic heterocycles. The summed E-state index contributed by atoms with van der Waals surface area (Å²) in [7, 11) is 3.06. The highest BCUT2D eigenvalue weighted by Gasteiger charge is 2.32. The third kappa shape index (κ3) is 6.03. The third-order valence-electron chi connectivity index (χ3n) is 4.97. The van der Waals surface area contributed by atoms with Crippen molar-refractivity contribution >= 4 is 51.9 Å². The Bertz CT molecular complexity index is 1270. The zero-order valence-corrected chi connectivity index (χ0v) is 20.6. The molecule has 35 heavy (non-hydrogen) atoms. The molecule has 10 heteroatoms. The number of nitrogens with one attached hydrogen (secondary N) is 1. The highest BCUT2D eigenvalue weighted by molar-refractivity contribution is 8.26. The maximum absolute atomic E-state index is 12.8. The van der Waals surface area contributed by atoms with Gasteiger partial charge in [0.2, 0.25) is 0 Å². The summed E-state index contributed by atoms with van der Waals surface area (Å²) < 4.78 is 22.0. The number of hydrogen-bond acceptors (Lipinski definition) is 8. The number of methoxy groups -OCH3 is 2. The van der Waals surface area contributed by atoms with E-state index in [0.29, 0.717) is 37.9 Å². The molecule has 1 N–H and O–H groups in total. The SMILES string of the molecule is COc1cccc(NC(=O)COc2ccc(/C=C3\SC(=S)N(Cc4ccco4)C3=O)cc2OC)c1. The van der Waals surface area contributed by atoms with Crippen molar-refractivity contribution in [2.24, 2.45) is 0 Å². The minimum Gasteiger partial charge on any atom is -0.497 e. The molecule has 1 saturated heterocycles. The number of amides is 2. The summed E-state index contributed by atoms with van der Waals surface area (Å²) in [6.45, 7) is 0.0707. The zero-order valence-electron chi connectivity index (χ0n) is 19.0. The van der Waals surface area contributed by atoms with Gasteiger partial charge in [0.1, 0.15) is 15.8 Å². The van der Waals surface area contributed by atoms with Crippen LogP contribution in [0.15, 0.2) is 70.2 Å². The van der Waals surface area contributed by atoms with Gasteiger partial charge in [0.05, 0.1) is 31.9 Å². The van der Waals surface area contributed by atoms with E-state index in [0.717, 1.165) is 5.56 Å². The quantitative estimate of drug-likeness (QED) is 0.327. The van der Waals surface area contributed by atoms with Crippen molar-refractivity contribution in [2.45, 2.75) is 6.54 Å². The Hall–Kier alpha value is -3.76. The average molecular weight is 511 g/mol. The van der Waals surface area contributed by atoms with Gasteiger partial charge in [-0.15, -0.1) is 0 Å². The van der Waals surface area contributed by atoms with Crippen molar-refractivity contribution in [3.63, 3.8) is 0 Å². The summed E-state index contributed by atoms with van der Waals surface area (Å²) >= 11 is 6.60. The van der Waals surface area contributed by atoms with Crippen LogP contribution < -0.4 is 19.5 Å². The van der Waals surface area contributed by atoms with E-state index in [2.05, 4.69) is 5.32 Å². The minimum absolute atomic E-state index is 0.190. The highest BCUT2D eigenvalue weighted by Crippen LogP contribution is 2.35. The molecule has 1 fully saturated rings. The number of furan rings is 1. The summed E-state index contributed by atoms with van der Waals surface area (Å²) in [6.07, 6.45) is 3.30. The van der Waals surface area contributed by atoms with E-state index < -0.39 is 0 Å². The van der Waals surface area contributed by atoms with Crippen LogP contribution in [0.1, 0.15) is 11.3 Å². The predicted octanol–water partition coefficient (Wildman–Crippen LogP) is 4.72. The van der Waals surface area contributed by atoms with Crippen molar-refractivity contribution < 1.29 is 28.2 Å². The number of hydrogen-bond donors (Lipinski definition) is 1. The van der Waals surface area contributed by atoms with Gasteiger partial charge in [-0.1, -0.05) is 36.1 Å². The lowest BCUT2D eigenvalue weighted by Crippen LogP contribution is -2.27. The fourth-order valence-corrected chi connectivity index (χ4v) is 4.54. The van der Waals surface area contributed by atoms with Crippen LogP contribution in [0.25, 0.3) is 6.08 Å². The molecular formula is C25H22N2O6S2. The molecular weight excluding hydrogens is 488 g/mol. The van der Waals surface area contributed by atoms with Crippen molar-refractivity contribution in [2.75, 3.05) is 26.1 Å². The van der Waals surface area contributed by atoms with Gasteiger partial charge in [-0.25, -0.2) is 0 Å². The van der Waals surface area contributed by atoms with Gasteiger partial charge in [0.15, 0.2) is 18.1 Å². The lowest BCUT2D eigenvalue weighted by Gasteiger charge is -2.12. The molecule has 1 aliphatic rings. The lowest BCUT2D eigenvalue weighted by atomic mass is 10.2. The van der Waals surface area contributed by atoms with Gasteiger partial charge < -0.3 is 23.9 Å². The summed E-state index contributed by atoms with van der Waals surface area (Å²) in [5.74, 6) is 1.60. The first kappa shape index (κ1) is 24.4. The summed E-state index contributed by atoms with van der Waals surface area (Å²) in [4.78, 5) is 27.1. The second-order valence-electron chi connectivity index (χ2n) is 7.33. The number of ether oxygens (including phenoxy) is 3. The molecule has 2 aromatic carbocycles. The van der Waals surface area contributed by atoms with E-state index in [1.54, 1.807) is 74.0 Å². The van der Waals surface area contributed by atoms with Crippen LogP contribution in [-0.4, -0.2) is 41.9 Å². The molecule has 0 spiro atoms. The molecule has 3 aromatic rings. The molecule has 0 bridgehead atoms. The number of thiocarbonyl (C=S) groups is 1. The van der Waals surface area contributed by atoms with E-state index in [1.165, 1.54) is 23.8 Å². The van der Waals surface area contributed by atoms with Crippen LogP contribution in [0, 0.1) is 0 Å². The molecule has 0 unspecified atom stereocenters. The normalized spacial score (nSPS) is 14.3. The van der Waals surface area contributed by atoms with E-state index >= 15 is 0 Å². The lowest BCUT2D eigenvalue weighted by molar-refractivity contribution is -0.122. The van der Waals surface area contributed by atoms with Crippen LogP contribution in [0.3, 0.4) is 0 Å². The highest BCUT2D eigenvalue weighted by atomic mass is 32.2. The van der Waals surface area contributed by atoms with Gasteiger partial charge in [0, 0.05) is 11.8 Å². The third-order valence-corrected chi connectivity index (χ3v) is 6.34. The Labute approximate surface area is 211 Å². The van der Waals surface area contributed by atoms with Crippen LogP contribution in [-0.2, 0) is 16.1 Å². The topological polar surface area (TPSA) is 90.2 Å². The Morgan fingerprint density at radius 1 is 1.11 bits per heavy atom. The molecule has 0 radical (unpaired) electrons. The fraction of sp³-hybridized carbons (Fsp3) is 0.160. The van der Waals surface area contributed by atoms with E-state index in [4.69, 9.17) is 30.8 Å². The number of nitrogens with zero attached hydrogens (tertiary/aromatic N) is 1. The van der Waals surface area contributed by atoms with Crippen LogP contribution >= 0.6 is 24.0 Å². The standard InChI is InChI=1S/C25H22N2O6S2/c1-30-18-6-3-5-17(13-18)26-23(28)15-33-20-9-8-16(11-21(20)31-2)12-22-24(29)27(25(34)35-22)14-19-7-4-10-32-19/h3-13H,14-15H2,1-2H3,(H,26,28)/b22-12-. The maximum atomic E-state index is 12.8. The number of anilines is 1. The van der Waals surface area contributed by atoms with Crippen molar-refractivity contribution in [1.29, 1.82) is 0 Å².